The third-order valence-corrected chi connectivity index (χ3v) is 4.93. The monoisotopic (exact) mass is 349 g/mol. The molecule has 1 heterocycles. The second-order valence-electron chi connectivity index (χ2n) is 5.48. The van der Waals surface area contributed by atoms with Gasteiger partial charge in [-0.2, -0.15) is 0 Å². The topological polar surface area (TPSA) is 40.5 Å². The molecule has 1 N–H and O–H groups in total. The Hall–Kier alpha value is -2.72. The summed E-state index contributed by atoms with van der Waals surface area (Å²) in [5.41, 5.74) is 1.82. The number of para-hydroxylation sites is 1. The van der Waals surface area contributed by atoms with Gasteiger partial charge in [0.2, 0.25) is 0 Å². The number of benzene rings is 2. The summed E-state index contributed by atoms with van der Waals surface area (Å²) in [6, 6.07) is 17.3. The number of thioether (sulfide) groups is 1. The second-order valence-corrected chi connectivity index (χ2v) is 6.54. The number of anilines is 1. The second kappa shape index (κ2) is 7.90. The van der Waals surface area contributed by atoms with E-state index in [2.05, 4.69) is 24.0 Å². The van der Waals surface area contributed by atoms with Crippen LogP contribution < -0.4 is 4.90 Å². The van der Waals surface area contributed by atoms with Crippen LogP contribution in [0.4, 0.5) is 5.69 Å². The molecule has 0 aromatic heterocycles. The number of hydrogen-bond acceptors (Lipinski definition) is 4. The van der Waals surface area contributed by atoms with Gasteiger partial charge in [-0.3, -0.25) is 4.79 Å². The van der Waals surface area contributed by atoms with Gasteiger partial charge >= 0.3 is 0 Å². The number of ketones is 1. The first-order valence-electron chi connectivity index (χ1n) is 8.12. The van der Waals surface area contributed by atoms with E-state index in [1.807, 2.05) is 36.4 Å². The predicted octanol–water partition coefficient (Wildman–Crippen LogP) is 5.18. The number of nitrogens with zero attached hydrogens (tertiary/aromatic N) is 1. The largest absolute Gasteiger partial charge is 0.507 e. The Morgan fingerprint density at radius 3 is 2.60 bits per heavy atom. The van der Waals surface area contributed by atoms with Gasteiger partial charge in [0.15, 0.2) is 5.78 Å². The van der Waals surface area contributed by atoms with Gasteiger partial charge in [0.1, 0.15) is 5.76 Å². The summed E-state index contributed by atoms with van der Waals surface area (Å²) < 4.78 is 0. The fraction of sp³-hybridized carbons (Fsp3) is 0.0952. The van der Waals surface area contributed by atoms with Crippen LogP contribution in [0.15, 0.2) is 88.8 Å². The Kier molecular flexibility index (Phi) is 5.41. The predicted molar refractivity (Wildman–Crippen MR) is 105 cm³/mol. The molecule has 0 amide bonds. The van der Waals surface area contributed by atoms with Crippen molar-refractivity contribution in [3.8, 4) is 0 Å². The maximum absolute atomic E-state index is 12.0. The van der Waals surface area contributed by atoms with E-state index < -0.39 is 0 Å². The normalized spacial score (nSPS) is 15.8. The number of carbonyl (C=O) groups is 1. The number of allylic oxidation sites excluding steroid dienone is 4. The van der Waals surface area contributed by atoms with Gasteiger partial charge in [-0.25, -0.2) is 0 Å². The first-order chi connectivity index (χ1) is 12.2. The highest BCUT2D eigenvalue weighted by atomic mass is 32.2. The van der Waals surface area contributed by atoms with Crippen LogP contribution in [0.3, 0.4) is 0 Å². The summed E-state index contributed by atoms with van der Waals surface area (Å²) in [7, 11) is 0. The number of rotatable bonds is 5. The molecule has 0 fully saturated rings. The smallest absolute Gasteiger partial charge is 0.182 e. The molecular weight excluding hydrogens is 330 g/mol. The van der Waals surface area contributed by atoms with Crippen molar-refractivity contribution in [2.24, 2.45) is 0 Å². The fourth-order valence-corrected chi connectivity index (χ4v) is 3.74. The quantitative estimate of drug-likeness (QED) is 0.596. The van der Waals surface area contributed by atoms with Crippen LogP contribution in [0.5, 0.6) is 0 Å². The number of fused-ring (bicyclic) bond motifs is 1. The minimum Gasteiger partial charge on any atom is -0.507 e. The van der Waals surface area contributed by atoms with Crippen molar-refractivity contribution in [1.29, 1.82) is 0 Å². The molecular formula is C21H19NO2S. The van der Waals surface area contributed by atoms with Gasteiger partial charge in [0, 0.05) is 23.1 Å². The van der Waals surface area contributed by atoms with Gasteiger partial charge in [-0.05, 0) is 31.2 Å². The fourth-order valence-electron chi connectivity index (χ4n) is 2.60. The van der Waals surface area contributed by atoms with E-state index >= 15 is 0 Å². The van der Waals surface area contributed by atoms with Crippen molar-refractivity contribution in [2.45, 2.75) is 11.8 Å². The SMILES string of the molecule is CCN1/C(=C\C=C\C(=O)/C=C(\O)c2ccccc2)Sc2ccccc21. The Balaban J connectivity index is 1.70. The van der Waals surface area contributed by atoms with Crippen molar-refractivity contribution in [3.05, 3.63) is 89.5 Å². The molecule has 1 aliphatic rings. The van der Waals surface area contributed by atoms with E-state index in [1.54, 1.807) is 30.0 Å². The Labute approximate surface area is 152 Å². The molecule has 0 bridgehead atoms. The van der Waals surface area contributed by atoms with Gasteiger partial charge < -0.3 is 10.0 Å². The molecule has 0 saturated carbocycles. The maximum atomic E-state index is 12.0. The van der Waals surface area contributed by atoms with Gasteiger partial charge in [-0.15, -0.1) is 0 Å². The van der Waals surface area contributed by atoms with Crippen LogP contribution >= 0.6 is 11.8 Å². The molecule has 1 aliphatic heterocycles. The van der Waals surface area contributed by atoms with Crippen LogP contribution in [0.2, 0.25) is 0 Å². The van der Waals surface area contributed by atoms with E-state index in [0.29, 0.717) is 5.56 Å². The highest BCUT2D eigenvalue weighted by molar-refractivity contribution is 8.03. The summed E-state index contributed by atoms with van der Waals surface area (Å²) in [4.78, 5) is 15.4. The highest BCUT2D eigenvalue weighted by Crippen LogP contribution is 2.45. The first kappa shape index (κ1) is 17.1. The first-order valence-corrected chi connectivity index (χ1v) is 8.93. The number of aliphatic hydroxyl groups is 1. The molecule has 0 spiro atoms. The lowest BCUT2D eigenvalue weighted by atomic mass is 10.1. The molecule has 3 nitrogen and oxygen atoms in total. The van der Waals surface area contributed by atoms with Crippen molar-refractivity contribution in [1.82, 2.24) is 0 Å². The average Bonchev–Trinajstić information content (AvgIpc) is 2.99. The van der Waals surface area contributed by atoms with Gasteiger partial charge in [-0.1, -0.05) is 60.3 Å². The van der Waals surface area contributed by atoms with Crippen LogP contribution in [-0.2, 0) is 4.79 Å². The summed E-state index contributed by atoms with van der Waals surface area (Å²) >= 11 is 1.69. The minimum absolute atomic E-state index is 0.0271. The molecule has 25 heavy (non-hydrogen) atoms. The molecule has 0 unspecified atom stereocenters. The van der Waals surface area contributed by atoms with Crippen molar-refractivity contribution in [2.75, 3.05) is 11.4 Å². The summed E-state index contributed by atoms with van der Waals surface area (Å²) in [6.07, 6.45) is 6.36. The van der Waals surface area contributed by atoms with Crippen molar-refractivity contribution < 1.29 is 9.90 Å². The molecule has 2 aromatic carbocycles. The third kappa shape index (κ3) is 4.03. The Bertz CT molecular complexity index is 853. The molecule has 4 heteroatoms. The molecule has 0 saturated heterocycles. The molecule has 3 rings (SSSR count). The summed E-state index contributed by atoms with van der Waals surface area (Å²) in [5.74, 6) is -0.275. The Morgan fingerprint density at radius 1 is 1.12 bits per heavy atom. The standard InChI is InChI=1S/C21H19NO2S/c1-2-22-18-12-6-7-13-20(18)25-21(22)14-8-11-17(23)15-19(24)16-9-4-3-5-10-16/h3-15,24H,2H2,1H3/b11-8+,19-15-,21-14+. The highest BCUT2D eigenvalue weighted by Gasteiger charge is 2.22. The Morgan fingerprint density at radius 2 is 1.84 bits per heavy atom. The van der Waals surface area contributed by atoms with E-state index in [0.717, 1.165) is 11.6 Å². The van der Waals surface area contributed by atoms with Crippen LogP contribution in [0.1, 0.15) is 12.5 Å². The van der Waals surface area contributed by atoms with E-state index in [9.17, 15) is 9.90 Å². The molecule has 0 radical (unpaired) electrons. The molecule has 0 atom stereocenters. The zero-order valence-electron chi connectivity index (χ0n) is 13.9. The van der Waals surface area contributed by atoms with Gasteiger partial charge in [0.05, 0.1) is 10.7 Å². The van der Waals surface area contributed by atoms with Crippen molar-refractivity contribution >= 4 is 29.0 Å². The lowest BCUT2D eigenvalue weighted by molar-refractivity contribution is -0.110. The van der Waals surface area contributed by atoms with Gasteiger partial charge in [0.25, 0.3) is 0 Å². The van der Waals surface area contributed by atoms with E-state index in [-0.39, 0.29) is 11.5 Å². The summed E-state index contributed by atoms with van der Waals surface area (Å²) in [5, 5.41) is 11.1. The molecule has 2 aromatic rings. The average molecular weight is 349 g/mol. The lowest BCUT2D eigenvalue weighted by Crippen LogP contribution is -2.16. The molecule has 126 valence electrons. The third-order valence-electron chi connectivity index (χ3n) is 3.80. The lowest BCUT2D eigenvalue weighted by Gasteiger charge is -2.17. The van der Waals surface area contributed by atoms with Crippen molar-refractivity contribution in [3.63, 3.8) is 0 Å². The van der Waals surface area contributed by atoms with Crippen LogP contribution in [-0.4, -0.2) is 17.4 Å². The zero-order valence-corrected chi connectivity index (χ0v) is 14.7. The van der Waals surface area contributed by atoms with E-state index in [4.69, 9.17) is 0 Å². The maximum Gasteiger partial charge on any atom is 0.182 e. The number of hydrogen-bond donors (Lipinski definition) is 1. The zero-order chi connectivity index (χ0) is 17.6. The number of aliphatic hydroxyl groups excluding tert-OH is 1. The minimum atomic E-state index is -0.248. The number of carbonyl (C=O) groups excluding carboxylic acids is 1. The summed E-state index contributed by atoms with van der Waals surface area (Å²) in [6.45, 7) is 2.97. The molecule has 0 aliphatic carbocycles. The van der Waals surface area contributed by atoms with Crippen LogP contribution in [0, 0.1) is 0 Å². The van der Waals surface area contributed by atoms with E-state index in [1.165, 1.54) is 22.7 Å². The van der Waals surface area contributed by atoms with Crippen LogP contribution in [0.25, 0.3) is 5.76 Å².